The number of hydrogen-bond donors (Lipinski definition) is 0. The van der Waals surface area contributed by atoms with Gasteiger partial charge in [0, 0.05) is 18.4 Å². The SMILES string of the molecule is C=C/C=C1\C(=C/C)N(C)C(C=C)=C(/C=C\C)C1(c1ccccc1)c1ccccc1. The molecule has 1 aliphatic rings. The standard InChI is InChI=1S/C28H29N/c1-6-16-24-26(8-3)29(5)27(9-4)25(17-7-2)28(24,22-18-12-10-13-19-22)23-20-14-11-15-21-23/h6-21H,1,4H2,2-3,5H3/b17-7-,24-16+,26-8+. The van der Waals surface area contributed by atoms with E-state index in [0.29, 0.717) is 0 Å². The summed E-state index contributed by atoms with van der Waals surface area (Å²) in [4.78, 5) is 2.22. The summed E-state index contributed by atoms with van der Waals surface area (Å²) in [6.07, 6.45) is 12.5. The Morgan fingerprint density at radius 2 is 1.41 bits per heavy atom. The third kappa shape index (κ3) is 3.23. The highest BCUT2D eigenvalue weighted by molar-refractivity contribution is 5.69. The van der Waals surface area contributed by atoms with Crippen LogP contribution in [-0.4, -0.2) is 11.9 Å². The normalized spacial score (nSPS) is 19.2. The molecule has 146 valence electrons. The van der Waals surface area contributed by atoms with E-state index < -0.39 is 5.41 Å². The van der Waals surface area contributed by atoms with Crippen LogP contribution in [0.3, 0.4) is 0 Å². The van der Waals surface area contributed by atoms with Crippen molar-refractivity contribution >= 4 is 0 Å². The maximum absolute atomic E-state index is 4.16. The van der Waals surface area contributed by atoms with Crippen molar-refractivity contribution in [2.75, 3.05) is 7.05 Å². The van der Waals surface area contributed by atoms with Crippen LogP contribution in [0.5, 0.6) is 0 Å². The molecule has 0 spiro atoms. The average molecular weight is 380 g/mol. The van der Waals surface area contributed by atoms with Gasteiger partial charge in [-0.1, -0.05) is 104 Å². The molecule has 0 radical (unpaired) electrons. The second-order valence-electron chi connectivity index (χ2n) is 7.03. The van der Waals surface area contributed by atoms with Crippen molar-refractivity contribution in [1.82, 2.24) is 4.90 Å². The molecule has 0 aromatic heterocycles. The van der Waals surface area contributed by atoms with Crippen molar-refractivity contribution in [2.24, 2.45) is 0 Å². The maximum atomic E-state index is 4.16. The van der Waals surface area contributed by atoms with Crippen LogP contribution in [-0.2, 0) is 5.41 Å². The van der Waals surface area contributed by atoms with Gasteiger partial charge in [0.2, 0.25) is 0 Å². The van der Waals surface area contributed by atoms with Crippen molar-refractivity contribution in [1.29, 1.82) is 0 Å². The summed E-state index contributed by atoms with van der Waals surface area (Å²) in [7, 11) is 2.10. The van der Waals surface area contributed by atoms with Gasteiger partial charge in [0.15, 0.2) is 0 Å². The van der Waals surface area contributed by atoms with Gasteiger partial charge in [-0.05, 0) is 42.2 Å². The van der Waals surface area contributed by atoms with E-state index in [-0.39, 0.29) is 0 Å². The lowest BCUT2D eigenvalue weighted by Crippen LogP contribution is -2.42. The summed E-state index contributed by atoms with van der Waals surface area (Å²) in [5, 5.41) is 0. The van der Waals surface area contributed by atoms with Gasteiger partial charge in [0.05, 0.1) is 5.41 Å². The Balaban J connectivity index is 2.63. The summed E-state index contributed by atoms with van der Waals surface area (Å²) in [5.74, 6) is 0. The van der Waals surface area contributed by atoms with Crippen LogP contribution in [0.15, 0.2) is 133 Å². The molecule has 0 aliphatic carbocycles. The molecule has 0 saturated heterocycles. The third-order valence-corrected chi connectivity index (χ3v) is 5.58. The largest absolute Gasteiger partial charge is 0.344 e. The van der Waals surface area contributed by atoms with Crippen molar-refractivity contribution in [3.63, 3.8) is 0 Å². The number of nitrogens with zero attached hydrogens (tertiary/aromatic N) is 1. The second-order valence-corrected chi connectivity index (χ2v) is 7.03. The quantitative estimate of drug-likeness (QED) is 0.543. The molecule has 0 amide bonds. The van der Waals surface area contributed by atoms with Gasteiger partial charge in [0.25, 0.3) is 0 Å². The highest BCUT2D eigenvalue weighted by Crippen LogP contribution is 2.53. The summed E-state index contributed by atoms with van der Waals surface area (Å²) in [6.45, 7) is 12.3. The number of hydrogen-bond acceptors (Lipinski definition) is 1. The Hall–Kier alpha value is -3.32. The molecular weight excluding hydrogens is 350 g/mol. The summed E-state index contributed by atoms with van der Waals surface area (Å²) in [5.41, 5.74) is 6.63. The van der Waals surface area contributed by atoms with E-state index in [9.17, 15) is 0 Å². The first-order valence-corrected chi connectivity index (χ1v) is 10.0. The van der Waals surface area contributed by atoms with Gasteiger partial charge in [-0.25, -0.2) is 0 Å². The smallest absolute Gasteiger partial charge is 0.0741 e. The first kappa shape index (κ1) is 20.4. The van der Waals surface area contributed by atoms with E-state index in [1.54, 1.807) is 0 Å². The van der Waals surface area contributed by atoms with E-state index in [4.69, 9.17) is 0 Å². The minimum atomic E-state index is -0.471. The molecule has 0 unspecified atom stereocenters. The zero-order chi connectivity index (χ0) is 20.9. The fourth-order valence-corrected chi connectivity index (χ4v) is 4.49. The van der Waals surface area contributed by atoms with Crippen molar-refractivity contribution < 1.29 is 0 Å². The van der Waals surface area contributed by atoms with Crippen LogP contribution in [0.25, 0.3) is 0 Å². The van der Waals surface area contributed by atoms with Crippen LogP contribution >= 0.6 is 0 Å². The van der Waals surface area contributed by atoms with Gasteiger partial charge in [-0.3, -0.25) is 0 Å². The number of rotatable bonds is 5. The Labute approximate surface area is 175 Å². The average Bonchev–Trinajstić information content (AvgIpc) is 2.76. The zero-order valence-electron chi connectivity index (χ0n) is 17.6. The third-order valence-electron chi connectivity index (χ3n) is 5.58. The first-order chi connectivity index (χ1) is 14.2. The second kappa shape index (κ2) is 8.79. The zero-order valence-corrected chi connectivity index (χ0v) is 17.6. The molecule has 29 heavy (non-hydrogen) atoms. The van der Waals surface area contributed by atoms with Crippen molar-refractivity contribution in [3.8, 4) is 0 Å². The summed E-state index contributed by atoms with van der Waals surface area (Å²) in [6, 6.07) is 21.4. The lowest BCUT2D eigenvalue weighted by molar-refractivity contribution is 0.478. The predicted octanol–water partition coefficient (Wildman–Crippen LogP) is 6.95. The number of likely N-dealkylation sites (N-methyl/N-ethyl adjacent to an activating group) is 1. The van der Waals surface area contributed by atoms with E-state index in [0.717, 1.165) is 11.4 Å². The minimum Gasteiger partial charge on any atom is -0.344 e. The molecule has 1 heterocycles. The molecule has 3 rings (SSSR count). The van der Waals surface area contributed by atoms with Gasteiger partial charge in [-0.2, -0.15) is 0 Å². The van der Waals surface area contributed by atoms with Crippen LogP contribution in [0.1, 0.15) is 25.0 Å². The fraction of sp³-hybridized carbons (Fsp3) is 0.143. The van der Waals surface area contributed by atoms with E-state index in [2.05, 4.69) is 124 Å². The Bertz CT molecular complexity index is 961. The van der Waals surface area contributed by atoms with Gasteiger partial charge in [-0.15, -0.1) is 0 Å². The summed E-state index contributed by atoms with van der Waals surface area (Å²) >= 11 is 0. The molecule has 0 fully saturated rings. The molecule has 0 atom stereocenters. The van der Waals surface area contributed by atoms with Crippen LogP contribution in [0, 0.1) is 0 Å². The number of benzene rings is 2. The number of allylic oxidation sites excluding steroid dienone is 8. The van der Waals surface area contributed by atoms with Crippen molar-refractivity contribution in [3.05, 3.63) is 144 Å². The van der Waals surface area contributed by atoms with Gasteiger partial charge >= 0.3 is 0 Å². The summed E-state index contributed by atoms with van der Waals surface area (Å²) < 4.78 is 0. The molecule has 2 aromatic carbocycles. The van der Waals surface area contributed by atoms with E-state index in [1.807, 2.05) is 12.2 Å². The predicted molar refractivity (Wildman–Crippen MR) is 126 cm³/mol. The molecule has 1 nitrogen and oxygen atoms in total. The lowest BCUT2D eigenvalue weighted by Gasteiger charge is -2.47. The lowest BCUT2D eigenvalue weighted by atomic mass is 9.60. The Morgan fingerprint density at radius 3 is 1.83 bits per heavy atom. The fourth-order valence-electron chi connectivity index (χ4n) is 4.49. The Kier molecular flexibility index (Phi) is 6.19. The van der Waals surface area contributed by atoms with E-state index in [1.165, 1.54) is 22.3 Å². The first-order valence-electron chi connectivity index (χ1n) is 10.0. The molecule has 2 aromatic rings. The van der Waals surface area contributed by atoms with Crippen molar-refractivity contribution in [2.45, 2.75) is 19.3 Å². The van der Waals surface area contributed by atoms with Crippen LogP contribution < -0.4 is 0 Å². The monoisotopic (exact) mass is 379 g/mol. The molecular formula is C28H29N. The topological polar surface area (TPSA) is 3.24 Å². The highest BCUT2D eigenvalue weighted by Gasteiger charge is 2.47. The minimum absolute atomic E-state index is 0.471. The maximum Gasteiger partial charge on any atom is 0.0741 e. The molecule has 0 saturated carbocycles. The van der Waals surface area contributed by atoms with E-state index >= 15 is 0 Å². The van der Waals surface area contributed by atoms with Gasteiger partial charge in [0.1, 0.15) is 0 Å². The molecule has 0 bridgehead atoms. The van der Waals surface area contributed by atoms with Crippen LogP contribution in [0.4, 0.5) is 0 Å². The molecule has 1 heteroatoms. The molecule has 1 aliphatic heterocycles. The molecule has 0 N–H and O–H groups in total. The van der Waals surface area contributed by atoms with Gasteiger partial charge < -0.3 is 4.90 Å². The highest BCUT2D eigenvalue weighted by atomic mass is 15.1. The Morgan fingerprint density at radius 1 is 0.862 bits per heavy atom. The van der Waals surface area contributed by atoms with Crippen LogP contribution in [0.2, 0.25) is 0 Å².